The number of likely N-dealkylation sites (tertiary alicyclic amines) is 1. The lowest BCUT2D eigenvalue weighted by atomic mass is 9.87. The van der Waals surface area contributed by atoms with Crippen LogP contribution in [0.1, 0.15) is 48.0 Å². The zero-order chi connectivity index (χ0) is 28.8. The van der Waals surface area contributed by atoms with Gasteiger partial charge in [0.15, 0.2) is 0 Å². The average molecular weight is 570 g/mol. The zero-order valence-electron chi connectivity index (χ0n) is 22.4. The lowest BCUT2D eigenvalue weighted by Gasteiger charge is -2.38. The largest absolute Gasteiger partial charge is 0.497 e. The van der Waals surface area contributed by atoms with Crippen molar-refractivity contribution in [3.8, 4) is 5.75 Å². The Kier molecular flexibility index (Phi) is 10.1. The third-order valence-electron chi connectivity index (χ3n) is 7.08. The van der Waals surface area contributed by atoms with Crippen molar-refractivity contribution in [2.24, 2.45) is 5.92 Å². The minimum Gasteiger partial charge on any atom is -0.497 e. The van der Waals surface area contributed by atoms with Crippen LogP contribution in [0.15, 0.2) is 42.5 Å². The van der Waals surface area contributed by atoms with Crippen molar-refractivity contribution < 1.29 is 32.6 Å². The van der Waals surface area contributed by atoms with Crippen molar-refractivity contribution >= 4 is 29.1 Å². The highest BCUT2D eigenvalue weighted by molar-refractivity contribution is 6.34. The number of hydrogen-bond acceptors (Lipinski definition) is 5. The molecule has 2 aromatic carbocycles. The summed E-state index contributed by atoms with van der Waals surface area (Å²) in [7, 11) is 4.63. The van der Waals surface area contributed by atoms with Gasteiger partial charge >= 0.3 is 6.18 Å². The summed E-state index contributed by atoms with van der Waals surface area (Å²) in [6.07, 6.45) is -1.37. The molecular weight excluding hydrogens is 535 g/mol. The van der Waals surface area contributed by atoms with Crippen LogP contribution in [0.4, 0.5) is 18.9 Å². The topological polar surface area (TPSA) is 82.1 Å². The molecule has 1 fully saturated rings. The van der Waals surface area contributed by atoms with Crippen LogP contribution in [-0.4, -0.2) is 73.7 Å². The third-order valence-corrected chi connectivity index (χ3v) is 7.40. The highest BCUT2D eigenvalue weighted by Crippen LogP contribution is 2.42. The van der Waals surface area contributed by atoms with E-state index < -0.39 is 23.2 Å². The lowest BCUT2D eigenvalue weighted by molar-refractivity contribution is -0.262. The van der Waals surface area contributed by atoms with E-state index in [0.717, 1.165) is 42.0 Å². The molecule has 0 saturated carbocycles. The van der Waals surface area contributed by atoms with E-state index in [1.807, 2.05) is 6.07 Å². The molecule has 0 radical (unpaired) electrons. The van der Waals surface area contributed by atoms with Gasteiger partial charge in [-0.15, -0.1) is 0 Å². The van der Waals surface area contributed by atoms with Crippen LogP contribution in [-0.2, 0) is 10.4 Å². The van der Waals surface area contributed by atoms with Gasteiger partial charge in [-0.1, -0.05) is 36.6 Å². The molecule has 0 unspecified atom stereocenters. The Morgan fingerprint density at radius 2 is 1.82 bits per heavy atom. The standard InChI is InChI=1S/C28H35ClF3N3O4/c1-34(2)25(36)23-11-10-21(18-24(23)29)33-14-5-4-7-19-12-15-35(16-13-19)26(37)27(38,28(30,31)32)20-8-6-9-22(17-20)39-3/h6,8-11,17-19,33,38H,4-5,7,12-16H2,1-3H3/t27-/m1/s1. The number of piperidine rings is 1. The van der Waals surface area contributed by atoms with Crippen LogP contribution >= 0.6 is 11.6 Å². The summed E-state index contributed by atoms with van der Waals surface area (Å²) in [5.41, 5.74) is -2.94. The molecule has 3 rings (SSSR count). The van der Waals surface area contributed by atoms with Gasteiger partial charge < -0.3 is 25.0 Å². The first-order chi connectivity index (χ1) is 18.4. The van der Waals surface area contributed by atoms with Crippen LogP contribution in [0.25, 0.3) is 0 Å². The third kappa shape index (κ3) is 7.16. The summed E-state index contributed by atoms with van der Waals surface area (Å²) in [6.45, 7) is 1.01. The minimum absolute atomic E-state index is 0.121. The summed E-state index contributed by atoms with van der Waals surface area (Å²) < 4.78 is 47.0. The zero-order valence-corrected chi connectivity index (χ0v) is 23.1. The SMILES string of the molecule is COc1cccc([C@@](O)(C(=O)N2CCC(CCCCNc3ccc(C(=O)N(C)C)c(Cl)c3)CC2)C(F)(F)F)c1. The molecule has 1 saturated heterocycles. The normalized spacial score (nSPS) is 15.9. The van der Waals surface area contributed by atoms with Crippen LogP contribution < -0.4 is 10.1 Å². The summed E-state index contributed by atoms with van der Waals surface area (Å²) in [5, 5.41) is 14.4. The number of ether oxygens (including phenoxy) is 1. The lowest BCUT2D eigenvalue weighted by Crippen LogP contribution is -2.57. The molecule has 11 heteroatoms. The first-order valence-electron chi connectivity index (χ1n) is 12.9. The van der Waals surface area contributed by atoms with Gasteiger partial charge in [-0.3, -0.25) is 9.59 Å². The number of halogens is 4. The quantitative estimate of drug-likeness (QED) is 0.378. The molecule has 214 valence electrons. The maximum atomic E-state index is 14.0. The summed E-state index contributed by atoms with van der Waals surface area (Å²) in [4.78, 5) is 27.7. The molecule has 7 nitrogen and oxygen atoms in total. The molecule has 0 aromatic heterocycles. The van der Waals surface area contributed by atoms with E-state index in [1.165, 1.54) is 24.1 Å². The fourth-order valence-corrected chi connectivity index (χ4v) is 5.00. The number of alkyl halides is 3. The number of unbranched alkanes of at least 4 members (excludes halogenated alkanes) is 1. The highest BCUT2D eigenvalue weighted by Gasteiger charge is 2.62. The van der Waals surface area contributed by atoms with Crippen LogP contribution in [0, 0.1) is 5.92 Å². The van der Waals surface area contributed by atoms with Gasteiger partial charge in [-0.05, 0) is 55.5 Å². The number of hydrogen-bond donors (Lipinski definition) is 2. The summed E-state index contributed by atoms with van der Waals surface area (Å²) in [5.74, 6) is -1.11. The van der Waals surface area contributed by atoms with E-state index in [4.69, 9.17) is 16.3 Å². The molecule has 39 heavy (non-hydrogen) atoms. The fraction of sp³-hybridized carbons (Fsp3) is 0.500. The molecule has 1 heterocycles. The maximum Gasteiger partial charge on any atom is 0.430 e. The first-order valence-corrected chi connectivity index (χ1v) is 13.2. The van der Waals surface area contributed by atoms with Crippen LogP contribution in [0.3, 0.4) is 0 Å². The minimum atomic E-state index is -5.19. The number of methoxy groups -OCH3 is 1. The number of rotatable bonds is 10. The van der Waals surface area contributed by atoms with Gasteiger partial charge in [0.25, 0.3) is 17.4 Å². The van der Waals surface area contributed by atoms with Gasteiger partial charge in [-0.2, -0.15) is 13.2 Å². The highest BCUT2D eigenvalue weighted by atomic mass is 35.5. The Hall–Kier alpha value is -2.98. The maximum absolute atomic E-state index is 14.0. The number of aliphatic hydroxyl groups is 1. The predicted molar refractivity (Wildman–Crippen MR) is 144 cm³/mol. The second-order valence-electron chi connectivity index (χ2n) is 9.99. The monoisotopic (exact) mass is 569 g/mol. The van der Waals surface area contributed by atoms with Crippen molar-refractivity contribution in [1.82, 2.24) is 9.80 Å². The van der Waals surface area contributed by atoms with Crippen molar-refractivity contribution in [2.45, 2.75) is 43.9 Å². The molecule has 2 aromatic rings. The number of benzene rings is 2. The Bertz CT molecular complexity index is 1150. The van der Waals surface area contributed by atoms with Crippen molar-refractivity contribution in [3.63, 3.8) is 0 Å². The van der Waals surface area contributed by atoms with E-state index in [1.54, 1.807) is 26.2 Å². The number of carbonyl (C=O) groups excluding carboxylic acids is 2. The second kappa shape index (κ2) is 12.9. The number of carbonyl (C=O) groups is 2. The second-order valence-corrected chi connectivity index (χ2v) is 10.4. The molecule has 1 aliphatic heterocycles. The van der Waals surface area contributed by atoms with Gasteiger partial charge in [0.2, 0.25) is 0 Å². The van der Waals surface area contributed by atoms with E-state index in [-0.39, 0.29) is 30.7 Å². The smallest absolute Gasteiger partial charge is 0.430 e. The van der Waals surface area contributed by atoms with Crippen molar-refractivity contribution in [1.29, 1.82) is 0 Å². The molecule has 0 aliphatic carbocycles. The van der Waals surface area contributed by atoms with E-state index in [9.17, 15) is 27.9 Å². The summed E-state index contributed by atoms with van der Waals surface area (Å²) >= 11 is 6.25. The Balaban J connectivity index is 1.47. The Morgan fingerprint density at radius 1 is 1.13 bits per heavy atom. The Labute approximate surface area is 231 Å². The molecule has 0 spiro atoms. The molecule has 0 bridgehead atoms. The van der Waals surface area contributed by atoms with E-state index in [2.05, 4.69) is 5.32 Å². The molecule has 2 amide bonds. The predicted octanol–water partition coefficient (Wildman–Crippen LogP) is 5.32. The molecule has 1 atom stereocenters. The van der Waals surface area contributed by atoms with Crippen molar-refractivity contribution in [2.75, 3.05) is 46.2 Å². The van der Waals surface area contributed by atoms with Gasteiger partial charge in [0.1, 0.15) is 5.75 Å². The molecular formula is C28H35ClF3N3O4. The first kappa shape index (κ1) is 30.6. The Morgan fingerprint density at radius 3 is 2.41 bits per heavy atom. The van der Waals surface area contributed by atoms with Crippen LogP contribution in [0.5, 0.6) is 5.75 Å². The summed E-state index contributed by atoms with van der Waals surface area (Å²) in [6, 6.07) is 10.1. The fourth-order valence-electron chi connectivity index (χ4n) is 4.74. The van der Waals surface area contributed by atoms with Crippen LogP contribution in [0.2, 0.25) is 5.02 Å². The molecule has 1 aliphatic rings. The van der Waals surface area contributed by atoms with Crippen molar-refractivity contribution in [3.05, 3.63) is 58.6 Å². The number of nitrogens with one attached hydrogen (secondary N) is 1. The van der Waals surface area contributed by atoms with E-state index in [0.29, 0.717) is 30.0 Å². The average Bonchev–Trinajstić information content (AvgIpc) is 2.91. The van der Waals surface area contributed by atoms with Gasteiger partial charge in [0, 0.05) is 45.0 Å². The molecule has 2 N–H and O–H groups in total. The number of anilines is 1. The number of amides is 2. The number of nitrogens with zero attached hydrogens (tertiary/aromatic N) is 2. The van der Waals surface area contributed by atoms with Gasteiger partial charge in [-0.25, -0.2) is 0 Å². The van der Waals surface area contributed by atoms with Gasteiger partial charge in [0.05, 0.1) is 17.7 Å². The van der Waals surface area contributed by atoms with E-state index >= 15 is 0 Å².